The topological polar surface area (TPSA) is 46.3 Å². The van der Waals surface area contributed by atoms with Crippen LogP contribution in [0.25, 0.3) is 0 Å². The van der Waals surface area contributed by atoms with Crippen molar-refractivity contribution < 1.29 is 9.18 Å². The summed E-state index contributed by atoms with van der Waals surface area (Å²) in [6.45, 7) is 4.76. The lowest BCUT2D eigenvalue weighted by molar-refractivity contribution is 0.0693. The highest BCUT2D eigenvalue weighted by Crippen LogP contribution is 2.26. The van der Waals surface area contributed by atoms with Crippen molar-refractivity contribution in [1.29, 1.82) is 0 Å². The quantitative estimate of drug-likeness (QED) is 0.795. The van der Waals surface area contributed by atoms with Gasteiger partial charge in [-0.3, -0.25) is 4.79 Å². The highest BCUT2D eigenvalue weighted by Gasteiger charge is 2.30. The number of carbonyl (C=O) groups excluding carboxylic acids is 1. The molecule has 0 spiro atoms. The van der Waals surface area contributed by atoms with Gasteiger partial charge < -0.3 is 10.6 Å². The van der Waals surface area contributed by atoms with Crippen LogP contribution in [-0.4, -0.2) is 34.4 Å². The number of carbonyl (C=O) groups is 1. The summed E-state index contributed by atoms with van der Waals surface area (Å²) >= 11 is 1.84. The molecule has 1 heterocycles. The van der Waals surface area contributed by atoms with Crippen LogP contribution in [-0.2, 0) is 0 Å². The average molecular weight is 268 g/mol. The normalized spacial score (nSPS) is 24.1. The van der Waals surface area contributed by atoms with Crippen LogP contribution in [0.5, 0.6) is 0 Å². The van der Waals surface area contributed by atoms with Gasteiger partial charge in [-0.05, 0) is 25.1 Å². The number of halogens is 1. The number of nitrogens with zero attached hydrogens (tertiary/aromatic N) is 1. The summed E-state index contributed by atoms with van der Waals surface area (Å²) in [7, 11) is 0. The molecule has 2 N–H and O–H groups in total. The number of rotatable bonds is 1. The molecular weight excluding hydrogens is 251 g/mol. The molecule has 1 saturated heterocycles. The number of anilines is 1. The Kier molecular flexibility index (Phi) is 3.80. The molecule has 0 bridgehead atoms. The maximum atomic E-state index is 13.7. The van der Waals surface area contributed by atoms with E-state index < -0.39 is 5.82 Å². The Balaban J connectivity index is 2.25. The second-order valence-electron chi connectivity index (χ2n) is 4.55. The Morgan fingerprint density at radius 2 is 2.22 bits per heavy atom. The molecule has 0 aliphatic carbocycles. The summed E-state index contributed by atoms with van der Waals surface area (Å²) in [4.78, 5) is 14.1. The van der Waals surface area contributed by atoms with Crippen molar-refractivity contribution in [2.24, 2.45) is 0 Å². The van der Waals surface area contributed by atoms with Gasteiger partial charge >= 0.3 is 0 Å². The average Bonchev–Trinajstić information content (AvgIpc) is 2.32. The Labute approximate surface area is 111 Å². The molecule has 18 heavy (non-hydrogen) atoms. The van der Waals surface area contributed by atoms with Gasteiger partial charge in [0.05, 0.1) is 5.56 Å². The van der Waals surface area contributed by atoms with Crippen LogP contribution >= 0.6 is 11.8 Å². The van der Waals surface area contributed by atoms with E-state index in [0.29, 0.717) is 17.5 Å². The van der Waals surface area contributed by atoms with Crippen LogP contribution in [0.4, 0.5) is 10.1 Å². The van der Waals surface area contributed by atoms with Gasteiger partial charge in [-0.2, -0.15) is 11.8 Å². The monoisotopic (exact) mass is 268 g/mol. The fraction of sp³-hybridized carbons (Fsp3) is 0.462. The third kappa shape index (κ3) is 2.46. The zero-order valence-electron chi connectivity index (χ0n) is 10.5. The number of benzene rings is 1. The number of nitrogens with two attached hydrogens (primary N) is 1. The van der Waals surface area contributed by atoms with E-state index in [1.807, 2.05) is 18.7 Å². The van der Waals surface area contributed by atoms with Crippen molar-refractivity contribution >= 4 is 23.4 Å². The van der Waals surface area contributed by atoms with E-state index in [0.717, 1.165) is 5.75 Å². The van der Waals surface area contributed by atoms with E-state index in [1.165, 1.54) is 12.1 Å². The molecule has 1 amide bonds. The van der Waals surface area contributed by atoms with E-state index in [9.17, 15) is 9.18 Å². The second-order valence-corrected chi connectivity index (χ2v) is 6.04. The smallest absolute Gasteiger partial charge is 0.257 e. The van der Waals surface area contributed by atoms with Crippen LogP contribution in [0.2, 0.25) is 0 Å². The summed E-state index contributed by atoms with van der Waals surface area (Å²) < 4.78 is 13.7. The van der Waals surface area contributed by atoms with Gasteiger partial charge in [0.15, 0.2) is 0 Å². The van der Waals surface area contributed by atoms with E-state index in [1.54, 1.807) is 11.0 Å². The number of hydrogen-bond acceptors (Lipinski definition) is 3. The Morgan fingerprint density at radius 1 is 1.50 bits per heavy atom. The third-order valence-electron chi connectivity index (χ3n) is 3.37. The molecule has 2 unspecified atom stereocenters. The second kappa shape index (κ2) is 5.18. The van der Waals surface area contributed by atoms with E-state index in [4.69, 9.17) is 5.73 Å². The van der Waals surface area contributed by atoms with Gasteiger partial charge in [-0.25, -0.2) is 4.39 Å². The highest BCUT2D eigenvalue weighted by atomic mass is 32.2. The van der Waals surface area contributed by atoms with Crippen molar-refractivity contribution in [1.82, 2.24) is 4.90 Å². The molecule has 1 aliphatic heterocycles. The van der Waals surface area contributed by atoms with Gasteiger partial charge in [-0.1, -0.05) is 6.92 Å². The molecule has 98 valence electrons. The lowest BCUT2D eigenvalue weighted by Crippen LogP contribution is -2.48. The first-order valence-electron chi connectivity index (χ1n) is 5.98. The van der Waals surface area contributed by atoms with Crippen molar-refractivity contribution in [3.8, 4) is 0 Å². The molecule has 1 fully saturated rings. The largest absolute Gasteiger partial charge is 0.399 e. The maximum Gasteiger partial charge on any atom is 0.257 e. The first-order chi connectivity index (χ1) is 8.50. The SMILES string of the molecule is CC1SCCN(C(=O)c2ccc(N)cc2F)C1C. The predicted octanol–water partition coefficient (Wildman–Crippen LogP) is 2.37. The summed E-state index contributed by atoms with van der Waals surface area (Å²) in [5, 5.41) is 0.375. The zero-order chi connectivity index (χ0) is 13.3. The molecule has 5 heteroatoms. The van der Waals surface area contributed by atoms with Gasteiger partial charge in [0.25, 0.3) is 5.91 Å². The fourth-order valence-corrected chi connectivity index (χ4v) is 3.18. The number of nitrogen functional groups attached to an aromatic ring is 1. The van der Waals surface area contributed by atoms with Crippen molar-refractivity contribution in [2.45, 2.75) is 25.1 Å². The van der Waals surface area contributed by atoms with Crippen molar-refractivity contribution in [3.05, 3.63) is 29.6 Å². The lowest BCUT2D eigenvalue weighted by Gasteiger charge is -2.37. The minimum atomic E-state index is -0.543. The van der Waals surface area contributed by atoms with Crippen LogP contribution in [0.1, 0.15) is 24.2 Å². The fourth-order valence-electron chi connectivity index (χ4n) is 2.08. The lowest BCUT2D eigenvalue weighted by atomic mass is 10.1. The molecular formula is C13H17FN2OS. The van der Waals surface area contributed by atoms with Gasteiger partial charge in [0.1, 0.15) is 5.82 Å². The van der Waals surface area contributed by atoms with Gasteiger partial charge in [0.2, 0.25) is 0 Å². The molecule has 0 saturated carbocycles. The Bertz CT molecular complexity index is 466. The van der Waals surface area contributed by atoms with Gasteiger partial charge in [0, 0.05) is 29.3 Å². The molecule has 2 atom stereocenters. The first kappa shape index (κ1) is 13.2. The standard InChI is InChI=1S/C13H17FN2OS/c1-8-9(2)18-6-5-16(8)13(17)11-4-3-10(15)7-12(11)14/h3-4,7-9H,5-6,15H2,1-2H3. The summed E-state index contributed by atoms with van der Waals surface area (Å²) in [5.74, 6) is 0.110. The Morgan fingerprint density at radius 3 is 2.89 bits per heavy atom. The number of amides is 1. The zero-order valence-corrected chi connectivity index (χ0v) is 11.3. The minimum Gasteiger partial charge on any atom is -0.399 e. The van der Waals surface area contributed by atoms with Gasteiger partial charge in [-0.15, -0.1) is 0 Å². The molecule has 3 nitrogen and oxygen atoms in total. The summed E-state index contributed by atoms with van der Waals surface area (Å²) in [5.41, 5.74) is 5.93. The van der Waals surface area contributed by atoms with E-state index >= 15 is 0 Å². The predicted molar refractivity (Wildman–Crippen MR) is 73.2 cm³/mol. The summed E-state index contributed by atoms with van der Waals surface area (Å²) in [6.07, 6.45) is 0. The third-order valence-corrected chi connectivity index (χ3v) is 4.71. The molecule has 0 radical (unpaired) electrons. The van der Waals surface area contributed by atoms with E-state index in [2.05, 4.69) is 6.92 Å². The first-order valence-corrected chi connectivity index (χ1v) is 7.03. The van der Waals surface area contributed by atoms with Crippen LogP contribution in [0.3, 0.4) is 0 Å². The highest BCUT2D eigenvalue weighted by molar-refractivity contribution is 8.00. The Hall–Kier alpha value is -1.23. The minimum absolute atomic E-state index is 0.107. The van der Waals surface area contributed by atoms with Crippen LogP contribution in [0, 0.1) is 5.82 Å². The molecule has 1 aromatic rings. The van der Waals surface area contributed by atoms with Crippen LogP contribution in [0.15, 0.2) is 18.2 Å². The van der Waals surface area contributed by atoms with Crippen molar-refractivity contribution in [3.63, 3.8) is 0 Å². The maximum absolute atomic E-state index is 13.7. The molecule has 1 aromatic carbocycles. The number of thioether (sulfide) groups is 1. The summed E-state index contributed by atoms with van der Waals surface area (Å²) in [6, 6.07) is 4.34. The molecule has 1 aliphatic rings. The van der Waals surface area contributed by atoms with Crippen LogP contribution < -0.4 is 5.73 Å². The molecule has 2 rings (SSSR count). The van der Waals surface area contributed by atoms with E-state index in [-0.39, 0.29) is 17.5 Å². The molecule has 0 aromatic heterocycles. The number of hydrogen-bond donors (Lipinski definition) is 1. The van der Waals surface area contributed by atoms with Crippen molar-refractivity contribution in [2.75, 3.05) is 18.0 Å².